The van der Waals surface area contributed by atoms with Gasteiger partial charge in [-0.2, -0.15) is 5.10 Å². The van der Waals surface area contributed by atoms with Crippen LogP contribution in [-0.4, -0.2) is 27.3 Å². The van der Waals surface area contributed by atoms with Crippen molar-refractivity contribution in [1.82, 2.24) is 20.2 Å². The van der Waals surface area contributed by atoms with Gasteiger partial charge in [-0.05, 0) is 23.8 Å². The Labute approximate surface area is 161 Å². The molecule has 0 aliphatic heterocycles. The number of methoxy groups -OCH3 is 1. The van der Waals surface area contributed by atoms with Crippen molar-refractivity contribution in [2.75, 3.05) is 12.8 Å². The number of fused-ring (bicyclic) bond motifs is 4. The van der Waals surface area contributed by atoms with Crippen molar-refractivity contribution in [3.63, 3.8) is 0 Å². The summed E-state index contributed by atoms with van der Waals surface area (Å²) in [5.74, 6) is -0.0574. The summed E-state index contributed by atoms with van der Waals surface area (Å²) in [7, 11) is 1.48. The fraction of sp³-hybridized carbons (Fsp3) is 0.0500. The Kier molecular flexibility index (Phi) is 3.47. The van der Waals surface area contributed by atoms with E-state index in [9.17, 15) is 14.0 Å². The van der Waals surface area contributed by atoms with E-state index < -0.39 is 11.4 Å². The average Bonchev–Trinajstić information content (AvgIpc) is 3.20. The maximum absolute atomic E-state index is 14.1. The molecule has 3 heterocycles. The third-order valence-corrected chi connectivity index (χ3v) is 5.06. The number of nitrogen functional groups attached to an aromatic ring is 1. The highest BCUT2D eigenvalue weighted by Gasteiger charge is 2.20. The van der Waals surface area contributed by atoms with E-state index in [-0.39, 0.29) is 16.8 Å². The highest BCUT2D eigenvalue weighted by Crippen LogP contribution is 2.40. The first-order valence-electron chi connectivity index (χ1n) is 8.67. The number of halogens is 1. The van der Waals surface area contributed by atoms with Crippen molar-refractivity contribution in [1.29, 1.82) is 0 Å². The van der Waals surface area contributed by atoms with Gasteiger partial charge in [0.2, 0.25) is 5.56 Å². The number of nitrogens with zero attached hydrogens (tertiary/aromatic N) is 1. The van der Waals surface area contributed by atoms with Crippen LogP contribution in [0.25, 0.3) is 43.8 Å². The molecule has 2 aromatic carbocycles. The second-order valence-corrected chi connectivity index (χ2v) is 6.61. The molecule has 29 heavy (non-hydrogen) atoms. The van der Waals surface area contributed by atoms with Crippen LogP contribution in [0.15, 0.2) is 46.1 Å². The standard InChI is InChI=1S/C20H14FN5O3/c1-29-13-6-10-15(8-2-4-12(21)18-11(8)7-23-26-18)16(22)20(28)25-17(10)9-3-5-14(27)24-19(9)13/h2-7H,22H2,1H3,(H,23,26)(H,24,27)(H,25,28). The molecule has 0 spiro atoms. The number of hydrogen-bond acceptors (Lipinski definition) is 5. The smallest absolute Gasteiger partial charge is 0.272 e. The molecule has 5 rings (SSSR count). The number of aromatic amines is 3. The van der Waals surface area contributed by atoms with Crippen LogP contribution < -0.4 is 21.6 Å². The predicted octanol–water partition coefficient (Wildman–Crippen LogP) is 2.64. The number of ether oxygens (including phenoxy) is 1. The number of aromatic nitrogens is 4. The minimum atomic E-state index is -0.494. The molecule has 144 valence electrons. The lowest BCUT2D eigenvalue weighted by Gasteiger charge is -2.15. The SMILES string of the molecule is COc1cc2c(-c3ccc(F)c4[nH]ncc34)c(N)c(=O)[nH]c2c2ccc(=O)[nH]c12. The fourth-order valence-electron chi connectivity index (χ4n) is 3.74. The summed E-state index contributed by atoms with van der Waals surface area (Å²) in [6.45, 7) is 0. The van der Waals surface area contributed by atoms with Crippen LogP contribution in [0.3, 0.4) is 0 Å². The summed E-state index contributed by atoms with van der Waals surface area (Å²) in [6, 6.07) is 7.50. The molecule has 0 radical (unpaired) electrons. The van der Waals surface area contributed by atoms with Gasteiger partial charge in [-0.25, -0.2) is 4.39 Å². The van der Waals surface area contributed by atoms with E-state index in [1.54, 1.807) is 18.2 Å². The van der Waals surface area contributed by atoms with Crippen molar-refractivity contribution in [3.8, 4) is 16.9 Å². The van der Waals surface area contributed by atoms with E-state index >= 15 is 0 Å². The minimum Gasteiger partial charge on any atom is -0.495 e. The Morgan fingerprint density at radius 1 is 1.00 bits per heavy atom. The van der Waals surface area contributed by atoms with Gasteiger partial charge in [0, 0.05) is 27.8 Å². The molecule has 0 saturated heterocycles. The van der Waals surface area contributed by atoms with Crippen molar-refractivity contribution in [2.24, 2.45) is 0 Å². The van der Waals surface area contributed by atoms with Crippen LogP contribution >= 0.6 is 0 Å². The topological polar surface area (TPSA) is 130 Å². The molecule has 3 aromatic heterocycles. The van der Waals surface area contributed by atoms with Gasteiger partial charge >= 0.3 is 0 Å². The van der Waals surface area contributed by atoms with Gasteiger partial charge < -0.3 is 20.4 Å². The van der Waals surface area contributed by atoms with Crippen LogP contribution in [0.5, 0.6) is 5.75 Å². The molecule has 5 N–H and O–H groups in total. The summed E-state index contributed by atoms with van der Waals surface area (Å²) < 4.78 is 19.6. The van der Waals surface area contributed by atoms with Crippen LogP contribution in [-0.2, 0) is 0 Å². The van der Waals surface area contributed by atoms with Gasteiger partial charge in [-0.15, -0.1) is 0 Å². The Morgan fingerprint density at radius 3 is 2.62 bits per heavy atom. The molecule has 0 saturated carbocycles. The molecule has 0 amide bonds. The van der Waals surface area contributed by atoms with Crippen LogP contribution in [0, 0.1) is 5.82 Å². The molecule has 5 aromatic rings. The number of nitrogens with one attached hydrogen (secondary N) is 3. The molecular formula is C20H14FN5O3. The quantitative estimate of drug-likeness (QED) is 0.344. The zero-order chi connectivity index (χ0) is 20.3. The molecule has 0 unspecified atom stereocenters. The molecule has 0 aliphatic rings. The Balaban J connectivity index is 2.03. The second-order valence-electron chi connectivity index (χ2n) is 6.61. The zero-order valence-corrected chi connectivity index (χ0v) is 15.1. The number of benzene rings is 2. The summed E-state index contributed by atoms with van der Waals surface area (Å²) >= 11 is 0. The predicted molar refractivity (Wildman–Crippen MR) is 109 cm³/mol. The van der Waals surface area contributed by atoms with Gasteiger partial charge in [-0.3, -0.25) is 14.7 Å². The fourth-order valence-corrected chi connectivity index (χ4v) is 3.74. The van der Waals surface area contributed by atoms with E-state index in [0.29, 0.717) is 44.1 Å². The van der Waals surface area contributed by atoms with Crippen LogP contribution in [0.2, 0.25) is 0 Å². The number of nitrogens with two attached hydrogens (primary N) is 1. The van der Waals surface area contributed by atoms with Crippen molar-refractivity contribution >= 4 is 38.4 Å². The molecule has 0 aliphatic carbocycles. The minimum absolute atomic E-state index is 0.0163. The molecule has 0 fully saturated rings. The largest absolute Gasteiger partial charge is 0.495 e. The third kappa shape index (κ3) is 2.34. The maximum Gasteiger partial charge on any atom is 0.272 e. The first kappa shape index (κ1) is 17.0. The lowest BCUT2D eigenvalue weighted by Crippen LogP contribution is -2.14. The number of anilines is 1. The van der Waals surface area contributed by atoms with Gasteiger partial charge in [-0.1, -0.05) is 6.07 Å². The molecule has 0 bridgehead atoms. The summed E-state index contributed by atoms with van der Waals surface area (Å²) in [5, 5.41) is 8.21. The summed E-state index contributed by atoms with van der Waals surface area (Å²) in [6.07, 6.45) is 1.48. The maximum atomic E-state index is 14.1. The van der Waals surface area contributed by atoms with Gasteiger partial charge in [0.15, 0.2) is 0 Å². The van der Waals surface area contributed by atoms with Gasteiger partial charge in [0.25, 0.3) is 5.56 Å². The van der Waals surface area contributed by atoms with Gasteiger partial charge in [0.1, 0.15) is 22.8 Å². The van der Waals surface area contributed by atoms with Crippen molar-refractivity contribution in [3.05, 3.63) is 63.1 Å². The van der Waals surface area contributed by atoms with Crippen molar-refractivity contribution in [2.45, 2.75) is 0 Å². The second kappa shape index (κ2) is 5.93. The van der Waals surface area contributed by atoms with E-state index in [1.165, 1.54) is 25.4 Å². The lowest BCUT2D eigenvalue weighted by atomic mass is 9.95. The Hall–Kier alpha value is -4.14. The first-order chi connectivity index (χ1) is 14.0. The third-order valence-electron chi connectivity index (χ3n) is 5.06. The number of hydrogen-bond donors (Lipinski definition) is 4. The Morgan fingerprint density at radius 2 is 1.83 bits per heavy atom. The number of H-pyrrole nitrogens is 3. The Bertz CT molecular complexity index is 1560. The lowest BCUT2D eigenvalue weighted by molar-refractivity contribution is 0.419. The number of rotatable bonds is 2. The van der Waals surface area contributed by atoms with Crippen LogP contribution in [0.4, 0.5) is 10.1 Å². The van der Waals surface area contributed by atoms with E-state index in [4.69, 9.17) is 10.5 Å². The van der Waals surface area contributed by atoms with Gasteiger partial charge in [0.05, 0.1) is 24.3 Å². The highest BCUT2D eigenvalue weighted by molar-refractivity contribution is 6.15. The molecule has 0 atom stereocenters. The van der Waals surface area contributed by atoms with Crippen LogP contribution in [0.1, 0.15) is 0 Å². The zero-order valence-electron chi connectivity index (χ0n) is 15.1. The van der Waals surface area contributed by atoms with Crippen molar-refractivity contribution < 1.29 is 9.13 Å². The first-order valence-corrected chi connectivity index (χ1v) is 8.67. The van der Waals surface area contributed by atoms with E-state index in [0.717, 1.165) is 0 Å². The molecule has 8 nitrogen and oxygen atoms in total. The summed E-state index contributed by atoms with van der Waals surface area (Å²) in [5.41, 5.74) is 7.49. The molecular weight excluding hydrogens is 377 g/mol. The summed E-state index contributed by atoms with van der Waals surface area (Å²) in [4.78, 5) is 30.0. The monoisotopic (exact) mass is 391 g/mol. The van der Waals surface area contributed by atoms with E-state index in [1.807, 2.05) is 0 Å². The molecule has 9 heteroatoms. The number of pyridine rings is 2. The highest BCUT2D eigenvalue weighted by atomic mass is 19.1. The van der Waals surface area contributed by atoms with E-state index in [2.05, 4.69) is 20.2 Å². The average molecular weight is 391 g/mol. The normalized spacial score (nSPS) is 11.5.